The van der Waals surface area contributed by atoms with Crippen molar-refractivity contribution in [2.75, 3.05) is 65.4 Å². The summed E-state index contributed by atoms with van der Waals surface area (Å²) in [6.07, 6.45) is 13.1. The third-order valence-electron chi connectivity index (χ3n) is 20.1. The second-order valence-electron chi connectivity index (χ2n) is 27.5. The third kappa shape index (κ3) is 14.4. The van der Waals surface area contributed by atoms with Crippen LogP contribution in [0.25, 0.3) is 43.1 Å². The minimum Gasteiger partial charge on any atom is -0.398 e. The molecule has 7 amide bonds. The quantitative estimate of drug-likeness (QED) is 0.0527. The number of alkyl halides is 1. The number of nitrogens with one attached hydrogen (secondary N) is 4. The third-order valence-corrected chi connectivity index (χ3v) is 20.1. The Labute approximate surface area is 589 Å². The second kappa shape index (κ2) is 28.1. The molecule has 4 aliphatic heterocycles. The van der Waals surface area contributed by atoms with E-state index in [1.807, 2.05) is 58.0 Å². The van der Waals surface area contributed by atoms with Crippen LogP contribution in [0.5, 0.6) is 0 Å². The number of nitriles is 3. The Morgan fingerprint density at radius 2 is 0.854 bits per heavy atom. The first-order valence-corrected chi connectivity index (χ1v) is 34.1. The van der Waals surface area contributed by atoms with E-state index < -0.39 is 17.9 Å². The molecular weight excluding hydrogens is 1320 g/mol. The van der Waals surface area contributed by atoms with Crippen LogP contribution in [-0.4, -0.2) is 97.8 Å². The fourth-order valence-electron chi connectivity index (χ4n) is 13.6. The van der Waals surface area contributed by atoms with E-state index in [2.05, 4.69) is 70.5 Å². The minimum atomic E-state index is -1.05. The van der Waals surface area contributed by atoms with Gasteiger partial charge in [0.1, 0.15) is 29.4 Å². The van der Waals surface area contributed by atoms with Crippen molar-refractivity contribution in [3.8, 4) is 18.2 Å². The van der Waals surface area contributed by atoms with Crippen molar-refractivity contribution in [3.05, 3.63) is 115 Å². The molecule has 8 heterocycles. The summed E-state index contributed by atoms with van der Waals surface area (Å²) in [7, 11) is 0. The number of benzene rings is 4. The molecule has 16 rings (SSSR count). The first kappa shape index (κ1) is 69.2. The maximum atomic E-state index is 14.8. The lowest BCUT2D eigenvalue weighted by Crippen LogP contribution is -2.31. The molecule has 0 unspecified atom stereocenters. The van der Waals surface area contributed by atoms with Crippen LogP contribution in [-0.2, 0) is 33.6 Å². The van der Waals surface area contributed by atoms with E-state index in [0.717, 1.165) is 73.4 Å². The number of nitrogen functional groups attached to an aromatic ring is 4. The zero-order valence-corrected chi connectivity index (χ0v) is 56.7. The van der Waals surface area contributed by atoms with Crippen molar-refractivity contribution in [2.24, 2.45) is 46.4 Å². The van der Waals surface area contributed by atoms with E-state index in [4.69, 9.17) is 38.7 Å². The molecule has 11 atom stereocenters. The van der Waals surface area contributed by atoms with Crippen molar-refractivity contribution in [1.82, 2.24) is 19.9 Å². The summed E-state index contributed by atoms with van der Waals surface area (Å²) in [4.78, 5) is 111. The summed E-state index contributed by atoms with van der Waals surface area (Å²) in [5, 5.41) is 43.2. The maximum Gasteiger partial charge on any atom is 0.231 e. The SMILES string of the molecule is CC1=CCN=C1c1cc(N)c2cnc(NC(=O)[C@@H]3C[C@H]3C#N)cc2c1.C[C@@H]1CCC(=O)N1c1cc2cc(NC(=O)[C@@H]3C[C@H]3C#N)ncc2c(N)c1F.C[C@H]1CCC(=O)N1c1cc(N)c2cnc(NC(=O)[C@@H]3C[C@@H]3F)cc2c1.C[C@H]1CCC(=O)N1c1cc(N)c2cnc(NC(=O)[C@@H]3C[C@H]3C#N)cc2c1. The van der Waals surface area contributed by atoms with E-state index in [1.165, 1.54) is 11.1 Å². The lowest BCUT2D eigenvalue weighted by Gasteiger charge is -2.23. The van der Waals surface area contributed by atoms with Gasteiger partial charge >= 0.3 is 0 Å². The van der Waals surface area contributed by atoms with E-state index in [-0.39, 0.29) is 113 Å². The number of nitrogens with two attached hydrogens (primary N) is 4. The monoisotopic (exact) mass is 1390 g/mol. The van der Waals surface area contributed by atoms with Gasteiger partial charge in [0, 0.05) is 118 Å². The Morgan fingerprint density at radius 3 is 1.20 bits per heavy atom. The molecule has 524 valence electrons. The van der Waals surface area contributed by atoms with Crippen molar-refractivity contribution < 1.29 is 42.3 Å². The van der Waals surface area contributed by atoms with Crippen molar-refractivity contribution >= 4 is 153 Å². The fraction of sp³-hybridized carbons (Fsp3) is 0.347. The van der Waals surface area contributed by atoms with Crippen LogP contribution < -0.4 is 58.9 Å². The summed E-state index contributed by atoms with van der Waals surface area (Å²) in [5.74, 6) is -1.98. The largest absolute Gasteiger partial charge is 0.398 e. The highest BCUT2D eigenvalue weighted by Gasteiger charge is 2.46. The number of carbonyl (C=O) groups is 7. The van der Waals surface area contributed by atoms with Gasteiger partial charge in [0.05, 0.1) is 83.3 Å². The molecule has 8 aromatic rings. The molecule has 4 aromatic heterocycles. The lowest BCUT2D eigenvalue weighted by atomic mass is 10.00. The van der Waals surface area contributed by atoms with Crippen LogP contribution in [0.4, 0.5) is 71.9 Å². The number of rotatable bonds is 12. The maximum absolute atomic E-state index is 14.8. The molecule has 0 radical (unpaired) electrons. The predicted octanol–water partition coefficient (Wildman–Crippen LogP) is 10.3. The molecule has 3 saturated heterocycles. The Kier molecular flexibility index (Phi) is 18.9. The number of halogens is 2. The number of carbonyl (C=O) groups excluding carboxylic acids is 7. The van der Waals surface area contributed by atoms with E-state index >= 15 is 0 Å². The first-order chi connectivity index (χ1) is 49.4. The smallest absolute Gasteiger partial charge is 0.231 e. The highest BCUT2D eigenvalue weighted by Crippen LogP contribution is 2.43. The van der Waals surface area contributed by atoms with E-state index in [1.54, 1.807) is 64.8 Å². The van der Waals surface area contributed by atoms with Gasteiger partial charge < -0.3 is 58.9 Å². The van der Waals surface area contributed by atoms with Crippen LogP contribution in [0, 0.1) is 81.2 Å². The van der Waals surface area contributed by atoms with Gasteiger partial charge in [-0.2, -0.15) is 15.8 Å². The van der Waals surface area contributed by atoms with E-state index in [9.17, 15) is 42.3 Å². The zero-order valence-electron chi connectivity index (χ0n) is 56.7. The fourth-order valence-corrected chi connectivity index (χ4v) is 13.6. The minimum absolute atomic E-state index is 0.0773. The van der Waals surface area contributed by atoms with Crippen LogP contribution in [0.1, 0.15) is 97.5 Å². The molecule has 4 aliphatic carbocycles. The molecular formula is C75H73F2N19O7. The number of amides is 7. The molecule has 7 fully saturated rings. The number of fused-ring (bicyclic) bond motifs is 4. The molecule has 8 aliphatic rings. The van der Waals surface area contributed by atoms with Crippen LogP contribution >= 0.6 is 0 Å². The first-order valence-electron chi connectivity index (χ1n) is 34.1. The Morgan fingerprint density at radius 1 is 0.495 bits per heavy atom. The molecule has 0 spiro atoms. The molecule has 4 saturated carbocycles. The lowest BCUT2D eigenvalue weighted by molar-refractivity contribution is -0.118. The molecule has 12 N–H and O–H groups in total. The average Bonchev–Trinajstić information content (AvgIpc) is 1.77. The molecule has 103 heavy (non-hydrogen) atoms. The zero-order chi connectivity index (χ0) is 73.0. The van der Waals surface area contributed by atoms with Gasteiger partial charge in [-0.15, -0.1) is 0 Å². The number of pyridine rings is 4. The Balaban J connectivity index is 0.000000122. The summed E-state index contributed by atoms with van der Waals surface area (Å²) in [6, 6.07) is 26.1. The predicted molar refractivity (Wildman–Crippen MR) is 387 cm³/mol. The van der Waals surface area contributed by atoms with E-state index in [0.29, 0.717) is 103 Å². The number of nitrogens with zero attached hydrogens (tertiary/aromatic N) is 11. The number of aliphatic imine (C=N–C) groups is 1. The number of allylic oxidation sites excluding steroid dienone is 1. The van der Waals surface area contributed by atoms with Gasteiger partial charge in [0.15, 0.2) is 5.82 Å². The highest BCUT2D eigenvalue weighted by molar-refractivity contribution is 6.16. The van der Waals surface area contributed by atoms with Crippen LogP contribution in [0.2, 0.25) is 0 Å². The highest BCUT2D eigenvalue weighted by atomic mass is 19.1. The van der Waals surface area contributed by atoms with Gasteiger partial charge in [0.25, 0.3) is 0 Å². The summed E-state index contributed by atoms with van der Waals surface area (Å²) in [6.45, 7) is 8.62. The van der Waals surface area contributed by atoms with Gasteiger partial charge in [-0.3, -0.25) is 38.6 Å². The summed E-state index contributed by atoms with van der Waals surface area (Å²) < 4.78 is 27.8. The summed E-state index contributed by atoms with van der Waals surface area (Å²) in [5.41, 5.74) is 30.7. The van der Waals surface area contributed by atoms with Crippen LogP contribution in [0.15, 0.2) is 108 Å². The normalized spacial score (nSPS) is 23.9. The number of hydrogen-bond donors (Lipinski definition) is 8. The van der Waals surface area contributed by atoms with Crippen molar-refractivity contribution in [3.63, 3.8) is 0 Å². The van der Waals surface area contributed by atoms with Crippen molar-refractivity contribution in [1.29, 1.82) is 15.8 Å². The van der Waals surface area contributed by atoms with Crippen LogP contribution in [0.3, 0.4) is 0 Å². The van der Waals surface area contributed by atoms with Crippen molar-refractivity contribution in [2.45, 2.75) is 116 Å². The number of aromatic nitrogens is 4. The topological polar surface area (TPSA) is 417 Å². The second-order valence-corrected chi connectivity index (χ2v) is 27.5. The molecule has 4 aromatic carbocycles. The van der Waals surface area contributed by atoms with Gasteiger partial charge in [0.2, 0.25) is 41.4 Å². The Bertz CT molecular complexity index is 5120. The molecule has 26 nitrogen and oxygen atoms in total. The van der Waals surface area contributed by atoms with Gasteiger partial charge in [-0.1, -0.05) is 6.08 Å². The molecule has 28 heteroatoms. The van der Waals surface area contributed by atoms with Gasteiger partial charge in [-0.25, -0.2) is 28.7 Å². The molecule has 0 bridgehead atoms. The average molecular weight is 1390 g/mol. The number of anilines is 11. The number of hydrogen-bond acceptors (Lipinski definition) is 19. The summed E-state index contributed by atoms with van der Waals surface area (Å²) >= 11 is 0. The van der Waals surface area contributed by atoms with Gasteiger partial charge in [-0.05, 0) is 166 Å². The Hall–Kier alpha value is -12.3. The standard InChI is InChI=1S/C19H18FN5O2.C19H19N5O2.C19H17N5O.C18H19FN4O2/c1-9-2-3-16(26)25(9)14-5-10-6-15(23-8-13(10)18(22)17(14)20)24-19(27)12-4-11(12)7-21;1-10-2-3-18(25)24(10)13-4-11-6-17(22-9-15(11)16(21)7-13)23-19(26)14-5-12(14)8-20;1-10-2-3-22-18(10)12-4-11-7-17(23-9-15(11)16(21)6-12)24-19(25)14-5-13(14)8-20;1-9-2-3-17(24)23(9)11-4-10-5-16(21-8-13(10)15(20)6-11)22-18(25)12-7-14(12)19/h5-6,8-9,11-12H,2-4,22H2,1H3,(H,23,24,27);4,6-7,9-10,12,14H,2-3,5,21H2,1H3,(H,22,23,26);2,4,6-7,9,13-14H,3,5,21H2,1H3,(H,23,24,25);4-6,8-9,12,14H,2-3,7,20H2,1H3,(H,21,22,25)/t9-,11+,12-;10-,12-,14+;13-,14+;9-,12+,14-/m1000/s1.